The molecule has 1 amide bonds. The summed E-state index contributed by atoms with van der Waals surface area (Å²) in [5, 5.41) is 24.3. The summed E-state index contributed by atoms with van der Waals surface area (Å²) in [6.45, 7) is 3.12. The predicted octanol–water partition coefficient (Wildman–Crippen LogP) is 0.408. The molecule has 168 valence electrons. The van der Waals surface area contributed by atoms with E-state index in [-0.39, 0.29) is 42.2 Å². The molecule has 0 spiro atoms. The lowest BCUT2D eigenvalue weighted by Crippen LogP contribution is -2.42. The molecule has 1 aromatic carbocycles. The van der Waals surface area contributed by atoms with E-state index < -0.39 is 12.9 Å². The van der Waals surface area contributed by atoms with Crippen LogP contribution in [0.2, 0.25) is 5.82 Å². The van der Waals surface area contributed by atoms with Crippen molar-refractivity contribution in [1.29, 1.82) is 0 Å². The van der Waals surface area contributed by atoms with Crippen LogP contribution in [0, 0.1) is 0 Å². The maximum Gasteiger partial charge on any atom is 0.526 e. The maximum atomic E-state index is 12.6. The van der Waals surface area contributed by atoms with Crippen molar-refractivity contribution >= 4 is 24.6 Å². The number of amides is 1. The zero-order valence-corrected chi connectivity index (χ0v) is 17.9. The van der Waals surface area contributed by atoms with Gasteiger partial charge in [-0.3, -0.25) is 14.4 Å². The number of hydrogen-bond donors (Lipinski definition) is 3. The molecule has 2 aromatic rings. The average molecular weight is 439 g/mol. The lowest BCUT2D eigenvalue weighted by Gasteiger charge is -2.28. The zero-order chi connectivity index (χ0) is 22.7. The molecule has 0 radical (unpaired) electrons. The van der Waals surface area contributed by atoms with Crippen LogP contribution in [0.3, 0.4) is 0 Å². The van der Waals surface area contributed by atoms with Gasteiger partial charge in [0.1, 0.15) is 12.3 Å². The first-order chi connectivity index (χ1) is 15.4. The minimum atomic E-state index is -1.19. The Labute approximate surface area is 185 Å². The predicted molar refractivity (Wildman–Crippen MR) is 116 cm³/mol. The number of ketones is 2. The van der Waals surface area contributed by atoms with E-state index >= 15 is 0 Å². The Kier molecular flexibility index (Phi) is 6.66. The molecule has 1 fully saturated rings. The molecule has 3 heterocycles. The van der Waals surface area contributed by atoms with E-state index in [0.717, 1.165) is 31.5 Å². The highest BCUT2D eigenvalue weighted by Gasteiger charge is 2.37. The summed E-state index contributed by atoms with van der Waals surface area (Å²) in [4.78, 5) is 36.7. The summed E-state index contributed by atoms with van der Waals surface area (Å²) < 4.78 is 6.92. The van der Waals surface area contributed by atoms with Gasteiger partial charge in [0.25, 0.3) is 5.91 Å². The molecule has 32 heavy (non-hydrogen) atoms. The van der Waals surface area contributed by atoms with Gasteiger partial charge in [-0.15, -0.1) is 5.10 Å². The van der Waals surface area contributed by atoms with Crippen molar-refractivity contribution in [1.82, 2.24) is 25.6 Å². The van der Waals surface area contributed by atoms with Gasteiger partial charge in [-0.2, -0.15) is 0 Å². The molecular weight excluding hydrogens is 413 g/mol. The molecule has 0 unspecified atom stereocenters. The summed E-state index contributed by atoms with van der Waals surface area (Å²) in [7, 11) is -1.19. The fourth-order valence-electron chi connectivity index (χ4n) is 4.18. The Hall–Kier alpha value is -3.05. The Morgan fingerprint density at radius 3 is 2.84 bits per heavy atom. The largest absolute Gasteiger partial charge is 0.535 e. The summed E-state index contributed by atoms with van der Waals surface area (Å²) >= 11 is 0. The number of fused-ring (bicyclic) bond motifs is 1. The van der Waals surface area contributed by atoms with Crippen LogP contribution >= 0.6 is 0 Å². The van der Waals surface area contributed by atoms with Crippen LogP contribution in [-0.4, -0.2) is 63.7 Å². The van der Waals surface area contributed by atoms with Crippen molar-refractivity contribution in [3.63, 3.8) is 0 Å². The minimum Gasteiger partial charge on any atom is -0.535 e. The summed E-state index contributed by atoms with van der Waals surface area (Å²) in [6.07, 6.45) is 3.67. The molecule has 10 nitrogen and oxygen atoms in total. The third kappa shape index (κ3) is 5.05. The van der Waals surface area contributed by atoms with Crippen LogP contribution < -0.4 is 15.3 Å². The van der Waals surface area contributed by atoms with Crippen LogP contribution in [-0.2, 0) is 17.8 Å². The average Bonchev–Trinajstić information content (AvgIpc) is 3.23. The smallest absolute Gasteiger partial charge is 0.526 e. The van der Waals surface area contributed by atoms with Gasteiger partial charge in [-0.1, -0.05) is 17.3 Å². The van der Waals surface area contributed by atoms with Crippen molar-refractivity contribution in [3.8, 4) is 5.75 Å². The molecule has 2 aliphatic rings. The normalized spacial score (nSPS) is 18.6. The number of hydrogen-bond acceptors (Lipinski definition) is 8. The molecule has 4 rings (SSSR count). The number of benzene rings is 1. The molecule has 1 aromatic heterocycles. The highest BCUT2D eigenvalue weighted by Crippen LogP contribution is 2.36. The lowest BCUT2D eigenvalue weighted by atomic mass is 9.64. The second kappa shape index (κ2) is 9.62. The molecule has 3 N–H and O–H groups in total. The van der Waals surface area contributed by atoms with Crippen LogP contribution in [0.1, 0.15) is 52.6 Å². The quantitative estimate of drug-likeness (QED) is 0.417. The third-order valence-corrected chi connectivity index (χ3v) is 5.87. The van der Waals surface area contributed by atoms with Gasteiger partial charge < -0.3 is 20.3 Å². The zero-order valence-electron chi connectivity index (χ0n) is 17.9. The van der Waals surface area contributed by atoms with Gasteiger partial charge in [0.15, 0.2) is 17.3 Å². The van der Waals surface area contributed by atoms with Crippen molar-refractivity contribution in [2.45, 2.75) is 51.0 Å². The monoisotopic (exact) mass is 439 g/mol. The topological polar surface area (TPSA) is 135 Å². The number of nitrogens with one attached hydrogen (secondary N) is 2. The van der Waals surface area contributed by atoms with Crippen molar-refractivity contribution < 1.29 is 24.1 Å². The summed E-state index contributed by atoms with van der Waals surface area (Å²) in [5.74, 6) is -0.668. The van der Waals surface area contributed by atoms with Crippen molar-refractivity contribution in [2.24, 2.45) is 0 Å². The Morgan fingerprint density at radius 2 is 2.09 bits per heavy atom. The number of carbonyl (C=O) groups excluding carboxylic acids is 3. The molecule has 0 saturated carbocycles. The van der Waals surface area contributed by atoms with E-state index in [1.165, 1.54) is 17.8 Å². The van der Waals surface area contributed by atoms with Gasteiger partial charge in [0, 0.05) is 18.3 Å². The molecular formula is C21H26BN5O5. The first kappa shape index (κ1) is 22.2. The third-order valence-electron chi connectivity index (χ3n) is 5.87. The standard InChI is InChI=1S/C21H26BN5O5/c1-13(28)18-4-2-3-14-9-15(22(31)32-20(14)18)10-17(29)11-27-12-19(25-26-27)21(30)24-16-5-7-23-8-6-16/h2-4,12,15-16,23,31H,5-11H2,1H3,(H,24,30)/t15-/m1/s1. The number of rotatable bonds is 7. The lowest BCUT2D eigenvalue weighted by molar-refractivity contribution is -0.120. The van der Waals surface area contributed by atoms with E-state index in [0.29, 0.717) is 17.7 Å². The van der Waals surface area contributed by atoms with Crippen LogP contribution in [0.5, 0.6) is 5.75 Å². The second-order valence-electron chi connectivity index (χ2n) is 8.36. The molecule has 1 atom stereocenters. The number of Topliss-reactive ketones (excluding diaryl/α,β-unsaturated/α-hetero) is 2. The molecule has 1 saturated heterocycles. The van der Waals surface area contributed by atoms with E-state index in [1.54, 1.807) is 12.1 Å². The van der Waals surface area contributed by atoms with Gasteiger partial charge in [-0.25, -0.2) is 4.68 Å². The van der Waals surface area contributed by atoms with E-state index in [4.69, 9.17) is 4.65 Å². The number of piperidine rings is 1. The second-order valence-corrected chi connectivity index (χ2v) is 8.36. The molecule has 2 aliphatic heterocycles. The maximum absolute atomic E-state index is 12.6. The van der Waals surface area contributed by atoms with E-state index in [9.17, 15) is 19.4 Å². The minimum absolute atomic E-state index is 0.0583. The van der Waals surface area contributed by atoms with Crippen LogP contribution in [0.25, 0.3) is 0 Å². The molecule has 0 bridgehead atoms. The first-order valence-electron chi connectivity index (χ1n) is 10.8. The van der Waals surface area contributed by atoms with E-state index in [1.807, 2.05) is 6.07 Å². The number of nitrogens with zero attached hydrogens (tertiary/aromatic N) is 3. The van der Waals surface area contributed by atoms with Crippen LogP contribution in [0.15, 0.2) is 24.4 Å². The summed E-state index contributed by atoms with van der Waals surface area (Å²) in [6, 6.07) is 5.36. The Bertz CT molecular complexity index is 1020. The highest BCUT2D eigenvalue weighted by molar-refractivity contribution is 6.47. The highest BCUT2D eigenvalue weighted by atomic mass is 16.5. The molecule has 0 aliphatic carbocycles. The summed E-state index contributed by atoms with van der Waals surface area (Å²) in [5.41, 5.74) is 1.38. The van der Waals surface area contributed by atoms with Gasteiger partial charge >= 0.3 is 7.12 Å². The van der Waals surface area contributed by atoms with Crippen molar-refractivity contribution in [2.75, 3.05) is 13.1 Å². The first-order valence-corrected chi connectivity index (χ1v) is 10.8. The van der Waals surface area contributed by atoms with Gasteiger partial charge in [0.2, 0.25) is 0 Å². The molecule has 11 heteroatoms. The fraction of sp³-hybridized carbons (Fsp3) is 0.476. The number of para-hydroxylation sites is 1. The van der Waals surface area contributed by atoms with Gasteiger partial charge in [0.05, 0.1) is 11.8 Å². The van der Waals surface area contributed by atoms with E-state index in [2.05, 4.69) is 20.9 Å². The fourth-order valence-corrected chi connectivity index (χ4v) is 4.18. The number of aromatic nitrogens is 3. The Morgan fingerprint density at radius 1 is 1.31 bits per heavy atom. The number of carbonyl (C=O) groups is 3. The van der Waals surface area contributed by atoms with Gasteiger partial charge in [-0.05, 0) is 50.9 Å². The van der Waals surface area contributed by atoms with Crippen LogP contribution in [0.4, 0.5) is 0 Å². The SMILES string of the molecule is CC(=O)c1cccc2c1OB(O)[C@@H](CC(=O)Cn1cc(C(=O)NC3CCNCC3)nn1)C2. The van der Waals surface area contributed by atoms with Crippen molar-refractivity contribution in [3.05, 3.63) is 41.2 Å². The Balaban J connectivity index is 1.34.